The summed E-state index contributed by atoms with van der Waals surface area (Å²) in [5.41, 5.74) is 3.45. The SMILES string of the molecule is Cc1ccc(N[C@@H](NC(=O)c2ccccc2I)C(Cl)(Cl)Cl)c(C)c1. The minimum absolute atomic E-state index is 0.311. The lowest BCUT2D eigenvalue weighted by molar-refractivity contribution is 0.0941. The second-order valence-corrected chi connectivity index (χ2v) is 8.92. The van der Waals surface area contributed by atoms with E-state index >= 15 is 0 Å². The third-order valence-corrected chi connectivity index (χ3v) is 5.00. The van der Waals surface area contributed by atoms with Crippen LogP contribution in [0.1, 0.15) is 21.5 Å². The van der Waals surface area contributed by atoms with Crippen LogP contribution in [0.5, 0.6) is 0 Å². The second-order valence-electron chi connectivity index (χ2n) is 5.39. The molecular weight excluding hydrogens is 481 g/mol. The van der Waals surface area contributed by atoms with E-state index in [1.54, 1.807) is 12.1 Å². The summed E-state index contributed by atoms with van der Waals surface area (Å²) in [6, 6.07) is 13.1. The van der Waals surface area contributed by atoms with E-state index in [4.69, 9.17) is 34.8 Å². The number of benzene rings is 2. The fraction of sp³-hybridized carbons (Fsp3) is 0.235. The van der Waals surface area contributed by atoms with Crippen LogP contribution in [0.4, 0.5) is 5.69 Å². The predicted molar refractivity (Wildman–Crippen MR) is 110 cm³/mol. The second kappa shape index (κ2) is 8.13. The number of alkyl halides is 3. The molecule has 0 saturated carbocycles. The molecule has 2 aromatic carbocycles. The summed E-state index contributed by atoms with van der Waals surface area (Å²) in [6.45, 7) is 3.95. The Kier molecular flexibility index (Phi) is 6.65. The van der Waals surface area contributed by atoms with Crippen LogP contribution in [0.15, 0.2) is 42.5 Å². The topological polar surface area (TPSA) is 41.1 Å². The highest BCUT2D eigenvalue weighted by molar-refractivity contribution is 14.1. The van der Waals surface area contributed by atoms with Crippen molar-refractivity contribution in [3.63, 3.8) is 0 Å². The molecular formula is C17H16Cl3IN2O. The predicted octanol–water partition coefficient (Wildman–Crippen LogP) is 5.45. The first kappa shape index (κ1) is 19.6. The summed E-state index contributed by atoms with van der Waals surface area (Å²) in [6.07, 6.45) is -0.882. The van der Waals surface area contributed by atoms with Crippen molar-refractivity contribution in [3.05, 3.63) is 62.7 Å². The Morgan fingerprint density at radius 1 is 1.12 bits per heavy atom. The maximum atomic E-state index is 12.5. The van der Waals surface area contributed by atoms with Crippen molar-refractivity contribution in [1.82, 2.24) is 5.32 Å². The van der Waals surface area contributed by atoms with E-state index in [-0.39, 0.29) is 5.91 Å². The van der Waals surface area contributed by atoms with Crippen molar-refractivity contribution in [1.29, 1.82) is 0 Å². The minimum Gasteiger partial charge on any atom is -0.362 e. The average Bonchev–Trinajstić information content (AvgIpc) is 2.48. The van der Waals surface area contributed by atoms with Gasteiger partial charge in [0, 0.05) is 9.26 Å². The molecule has 0 aliphatic carbocycles. The van der Waals surface area contributed by atoms with Crippen molar-refractivity contribution in [3.8, 4) is 0 Å². The molecule has 0 bridgehead atoms. The zero-order valence-corrected chi connectivity index (χ0v) is 17.5. The highest BCUT2D eigenvalue weighted by Crippen LogP contribution is 2.32. The molecule has 0 heterocycles. The fourth-order valence-electron chi connectivity index (χ4n) is 2.18. The van der Waals surface area contributed by atoms with Gasteiger partial charge in [0.1, 0.15) is 6.17 Å². The molecule has 2 N–H and O–H groups in total. The summed E-state index contributed by atoms with van der Waals surface area (Å²) >= 11 is 20.3. The first-order valence-corrected chi connectivity index (χ1v) is 9.35. The van der Waals surface area contributed by atoms with Crippen molar-refractivity contribution < 1.29 is 4.79 Å². The molecule has 0 aliphatic heterocycles. The average molecular weight is 498 g/mol. The maximum absolute atomic E-state index is 12.5. The number of halogens is 4. The minimum atomic E-state index is -1.72. The lowest BCUT2D eigenvalue weighted by atomic mass is 10.1. The van der Waals surface area contributed by atoms with Crippen molar-refractivity contribution >= 4 is 69.0 Å². The highest BCUT2D eigenvalue weighted by Gasteiger charge is 2.34. The molecule has 0 aliphatic rings. The van der Waals surface area contributed by atoms with Crippen LogP contribution in [0, 0.1) is 17.4 Å². The quantitative estimate of drug-likeness (QED) is 0.335. The summed E-state index contributed by atoms with van der Waals surface area (Å²) in [7, 11) is 0. The largest absolute Gasteiger partial charge is 0.362 e. The molecule has 0 aromatic heterocycles. The number of carbonyl (C=O) groups excluding carboxylic acids is 1. The Morgan fingerprint density at radius 3 is 2.38 bits per heavy atom. The molecule has 1 atom stereocenters. The van der Waals surface area contributed by atoms with E-state index in [0.717, 1.165) is 20.4 Å². The van der Waals surface area contributed by atoms with Gasteiger partial charge in [-0.3, -0.25) is 4.79 Å². The molecule has 2 rings (SSSR count). The number of hydrogen-bond acceptors (Lipinski definition) is 2. The van der Waals surface area contributed by atoms with Crippen molar-refractivity contribution in [2.45, 2.75) is 23.8 Å². The Hall–Kier alpha value is -0.690. The number of amides is 1. The van der Waals surface area contributed by atoms with Gasteiger partial charge < -0.3 is 10.6 Å². The van der Waals surface area contributed by atoms with Crippen LogP contribution < -0.4 is 10.6 Å². The van der Waals surface area contributed by atoms with E-state index in [1.807, 2.05) is 44.2 Å². The van der Waals surface area contributed by atoms with Crippen LogP contribution in [-0.4, -0.2) is 15.9 Å². The van der Waals surface area contributed by atoms with Gasteiger partial charge in [-0.25, -0.2) is 0 Å². The lowest BCUT2D eigenvalue weighted by Gasteiger charge is -2.28. The zero-order chi connectivity index (χ0) is 17.9. The summed E-state index contributed by atoms with van der Waals surface area (Å²) < 4.78 is -0.894. The summed E-state index contributed by atoms with van der Waals surface area (Å²) in [5, 5.41) is 5.86. The first-order valence-electron chi connectivity index (χ1n) is 7.14. The van der Waals surface area contributed by atoms with Gasteiger partial charge in [-0.1, -0.05) is 64.6 Å². The standard InChI is InChI=1S/C17H16Cl3IN2O/c1-10-7-8-14(11(2)9-10)22-16(17(18,19)20)23-15(24)12-5-3-4-6-13(12)21/h3-9,16,22H,1-2H3,(H,23,24)/t16-/m0/s1. The third-order valence-electron chi connectivity index (χ3n) is 3.40. The lowest BCUT2D eigenvalue weighted by Crippen LogP contribution is -2.49. The zero-order valence-electron chi connectivity index (χ0n) is 13.0. The Morgan fingerprint density at radius 2 is 1.79 bits per heavy atom. The normalized spacial score (nSPS) is 12.6. The van der Waals surface area contributed by atoms with Crippen LogP contribution in [-0.2, 0) is 0 Å². The molecule has 24 heavy (non-hydrogen) atoms. The molecule has 0 fully saturated rings. The molecule has 7 heteroatoms. The van der Waals surface area contributed by atoms with E-state index in [2.05, 4.69) is 33.2 Å². The number of carbonyl (C=O) groups is 1. The highest BCUT2D eigenvalue weighted by atomic mass is 127. The van der Waals surface area contributed by atoms with Crippen molar-refractivity contribution in [2.75, 3.05) is 5.32 Å². The number of aryl methyl sites for hydroxylation is 2. The molecule has 0 unspecified atom stereocenters. The summed E-state index contributed by atoms with van der Waals surface area (Å²) in [4.78, 5) is 12.5. The Labute approximate surface area is 170 Å². The number of anilines is 1. The van der Waals surface area contributed by atoms with Gasteiger partial charge in [0.25, 0.3) is 5.91 Å². The Balaban J connectivity index is 2.23. The van der Waals surface area contributed by atoms with Gasteiger partial charge in [0.05, 0.1) is 5.56 Å². The first-order chi connectivity index (χ1) is 11.2. The maximum Gasteiger partial charge on any atom is 0.254 e. The molecule has 0 spiro atoms. The molecule has 0 saturated heterocycles. The fourth-order valence-corrected chi connectivity index (χ4v) is 3.14. The molecule has 128 valence electrons. The Bertz CT molecular complexity index is 747. The van der Waals surface area contributed by atoms with E-state index in [1.165, 1.54) is 0 Å². The van der Waals surface area contributed by atoms with Gasteiger partial charge >= 0.3 is 0 Å². The van der Waals surface area contributed by atoms with E-state index < -0.39 is 9.96 Å². The van der Waals surface area contributed by atoms with Crippen molar-refractivity contribution in [2.24, 2.45) is 0 Å². The van der Waals surface area contributed by atoms with Gasteiger partial charge in [0.2, 0.25) is 3.79 Å². The molecule has 2 aromatic rings. The van der Waals surface area contributed by atoms with Crippen LogP contribution in [0.25, 0.3) is 0 Å². The van der Waals surface area contributed by atoms with E-state index in [0.29, 0.717) is 5.56 Å². The van der Waals surface area contributed by atoms with Gasteiger partial charge in [-0.15, -0.1) is 0 Å². The number of hydrogen-bond donors (Lipinski definition) is 2. The number of rotatable bonds is 4. The molecule has 3 nitrogen and oxygen atoms in total. The smallest absolute Gasteiger partial charge is 0.254 e. The summed E-state index contributed by atoms with van der Waals surface area (Å²) in [5.74, 6) is -0.311. The van der Waals surface area contributed by atoms with Crippen LogP contribution in [0.2, 0.25) is 0 Å². The van der Waals surface area contributed by atoms with Gasteiger partial charge in [0.15, 0.2) is 0 Å². The van der Waals surface area contributed by atoms with E-state index in [9.17, 15) is 4.79 Å². The van der Waals surface area contributed by atoms with Crippen LogP contribution in [0.3, 0.4) is 0 Å². The molecule has 0 radical (unpaired) electrons. The van der Waals surface area contributed by atoms with Crippen LogP contribution >= 0.6 is 57.4 Å². The van der Waals surface area contributed by atoms with Gasteiger partial charge in [-0.2, -0.15) is 0 Å². The number of nitrogens with one attached hydrogen (secondary N) is 2. The molecule has 1 amide bonds. The van der Waals surface area contributed by atoms with Gasteiger partial charge in [-0.05, 0) is 60.2 Å². The third kappa shape index (κ3) is 5.15. The monoisotopic (exact) mass is 496 g/mol.